The van der Waals surface area contributed by atoms with Crippen LogP contribution >= 0.6 is 11.6 Å². The van der Waals surface area contributed by atoms with E-state index >= 15 is 0 Å². The van der Waals surface area contributed by atoms with Crippen molar-refractivity contribution in [2.75, 3.05) is 5.75 Å². The van der Waals surface area contributed by atoms with Gasteiger partial charge in [-0.05, 0) is 24.5 Å². The number of nitrogens with one attached hydrogen (secondary N) is 1. The Morgan fingerprint density at radius 2 is 1.96 bits per heavy atom. The number of rotatable bonds is 8. The molecule has 0 aliphatic heterocycles. The fraction of sp³-hybridized carbons (Fsp3) is 0.471. The standard InChI is InChI=1S/C17H22ClN3O4S/c1-11(2)10-14(17-21-20-12(3)25-17)19-16(22)8-9-26(23,24)15-7-5-4-6-13(15)18/h4-7,11,14H,8-10H2,1-3H3,(H,19,22). The quantitative estimate of drug-likeness (QED) is 0.731. The van der Waals surface area contributed by atoms with Crippen molar-refractivity contribution < 1.29 is 17.6 Å². The third-order valence-corrected chi connectivity index (χ3v) is 5.86. The Balaban J connectivity index is 2.03. The molecule has 9 heteroatoms. The summed E-state index contributed by atoms with van der Waals surface area (Å²) in [6.07, 6.45) is 0.417. The number of carbonyl (C=O) groups is 1. The van der Waals surface area contributed by atoms with E-state index in [9.17, 15) is 13.2 Å². The van der Waals surface area contributed by atoms with Crippen LogP contribution in [0.25, 0.3) is 0 Å². The minimum Gasteiger partial charge on any atom is -0.423 e. The lowest BCUT2D eigenvalue weighted by Gasteiger charge is -2.17. The van der Waals surface area contributed by atoms with Crippen LogP contribution in [0.4, 0.5) is 0 Å². The van der Waals surface area contributed by atoms with Gasteiger partial charge in [0.05, 0.1) is 15.7 Å². The van der Waals surface area contributed by atoms with Crippen LogP contribution in [0.5, 0.6) is 0 Å². The highest BCUT2D eigenvalue weighted by Gasteiger charge is 2.24. The molecule has 0 aliphatic rings. The molecule has 1 unspecified atom stereocenters. The van der Waals surface area contributed by atoms with Crippen molar-refractivity contribution >= 4 is 27.3 Å². The molecule has 0 saturated carbocycles. The van der Waals surface area contributed by atoms with Crippen LogP contribution in [0.1, 0.15) is 44.5 Å². The van der Waals surface area contributed by atoms with E-state index < -0.39 is 21.8 Å². The van der Waals surface area contributed by atoms with Gasteiger partial charge < -0.3 is 9.73 Å². The number of halogens is 1. The molecule has 1 heterocycles. The summed E-state index contributed by atoms with van der Waals surface area (Å²) in [5.74, 6) is 0.268. The molecule has 7 nitrogen and oxygen atoms in total. The van der Waals surface area contributed by atoms with Crippen LogP contribution in [0.15, 0.2) is 33.6 Å². The summed E-state index contributed by atoms with van der Waals surface area (Å²) in [5.41, 5.74) is 0. The maximum absolute atomic E-state index is 12.4. The number of nitrogens with zero attached hydrogens (tertiary/aromatic N) is 2. The number of sulfone groups is 1. The van der Waals surface area contributed by atoms with Crippen molar-refractivity contribution in [3.05, 3.63) is 41.1 Å². The second-order valence-electron chi connectivity index (χ2n) is 6.41. The molecule has 2 aromatic rings. The van der Waals surface area contributed by atoms with Crippen LogP contribution in [-0.4, -0.2) is 30.3 Å². The molecule has 0 spiro atoms. The minimum absolute atomic E-state index is 0.0284. The zero-order valence-electron chi connectivity index (χ0n) is 14.9. The second kappa shape index (κ2) is 8.64. The Kier molecular flexibility index (Phi) is 6.77. The minimum atomic E-state index is -3.65. The molecule has 1 aromatic carbocycles. The van der Waals surface area contributed by atoms with E-state index in [1.165, 1.54) is 12.1 Å². The average molecular weight is 400 g/mol. The lowest BCUT2D eigenvalue weighted by atomic mass is 10.0. The molecule has 0 radical (unpaired) electrons. The van der Waals surface area contributed by atoms with E-state index in [1.807, 2.05) is 13.8 Å². The van der Waals surface area contributed by atoms with Gasteiger partial charge in [0.15, 0.2) is 9.84 Å². The van der Waals surface area contributed by atoms with Crippen LogP contribution in [0.2, 0.25) is 5.02 Å². The normalized spacial score (nSPS) is 13.0. The largest absolute Gasteiger partial charge is 0.423 e. The van der Waals surface area contributed by atoms with Crippen molar-refractivity contribution in [3.8, 4) is 0 Å². The Morgan fingerprint density at radius 3 is 2.54 bits per heavy atom. The second-order valence-corrected chi connectivity index (χ2v) is 8.89. The fourth-order valence-corrected chi connectivity index (χ4v) is 4.26. The first kappa shape index (κ1) is 20.4. The van der Waals surface area contributed by atoms with Crippen molar-refractivity contribution in [2.24, 2.45) is 5.92 Å². The number of hydrogen-bond acceptors (Lipinski definition) is 6. The Labute approximate surface area is 158 Å². The van der Waals surface area contributed by atoms with E-state index in [0.29, 0.717) is 18.2 Å². The van der Waals surface area contributed by atoms with Gasteiger partial charge in [0.2, 0.25) is 17.7 Å². The van der Waals surface area contributed by atoms with Gasteiger partial charge in [0.1, 0.15) is 6.04 Å². The molecular formula is C17H22ClN3O4S. The lowest BCUT2D eigenvalue weighted by Crippen LogP contribution is -2.31. The summed E-state index contributed by atoms with van der Waals surface area (Å²) in [6.45, 7) is 5.68. The number of aryl methyl sites for hydroxylation is 1. The fourth-order valence-electron chi connectivity index (χ4n) is 2.45. The summed E-state index contributed by atoms with van der Waals surface area (Å²) < 4.78 is 30.2. The first-order valence-electron chi connectivity index (χ1n) is 8.25. The lowest BCUT2D eigenvalue weighted by molar-refractivity contribution is -0.121. The number of carbonyl (C=O) groups excluding carboxylic acids is 1. The third kappa shape index (κ3) is 5.54. The highest BCUT2D eigenvalue weighted by molar-refractivity contribution is 7.91. The maximum atomic E-state index is 12.4. The molecule has 1 atom stereocenters. The van der Waals surface area contributed by atoms with Crippen LogP contribution in [-0.2, 0) is 14.6 Å². The van der Waals surface area contributed by atoms with Crippen molar-refractivity contribution in [2.45, 2.75) is 44.6 Å². The van der Waals surface area contributed by atoms with Gasteiger partial charge in [0, 0.05) is 13.3 Å². The Bertz CT molecular complexity index is 864. The van der Waals surface area contributed by atoms with Crippen LogP contribution in [0, 0.1) is 12.8 Å². The number of hydrogen-bond donors (Lipinski definition) is 1. The summed E-state index contributed by atoms with van der Waals surface area (Å²) in [7, 11) is -3.65. The summed E-state index contributed by atoms with van der Waals surface area (Å²) >= 11 is 5.94. The van der Waals surface area contributed by atoms with Gasteiger partial charge >= 0.3 is 0 Å². The molecular weight excluding hydrogens is 378 g/mol. The molecule has 0 aliphatic carbocycles. The molecule has 1 amide bonds. The zero-order chi connectivity index (χ0) is 19.3. The van der Waals surface area contributed by atoms with Gasteiger partial charge in [-0.15, -0.1) is 10.2 Å². The number of aromatic nitrogens is 2. The van der Waals surface area contributed by atoms with E-state index in [1.54, 1.807) is 19.1 Å². The SMILES string of the molecule is Cc1nnc(C(CC(C)C)NC(=O)CCS(=O)(=O)c2ccccc2Cl)o1. The smallest absolute Gasteiger partial charge is 0.238 e. The molecule has 2 rings (SSSR count). The summed E-state index contributed by atoms with van der Waals surface area (Å²) in [4.78, 5) is 12.3. The monoisotopic (exact) mass is 399 g/mol. The van der Waals surface area contributed by atoms with Crippen molar-refractivity contribution in [1.82, 2.24) is 15.5 Å². The third-order valence-electron chi connectivity index (χ3n) is 3.65. The molecule has 0 fully saturated rings. The first-order chi connectivity index (χ1) is 12.2. The molecule has 1 aromatic heterocycles. The topological polar surface area (TPSA) is 102 Å². The summed E-state index contributed by atoms with van der Waals surface area (Å²) in [6, 6.07) is 5.72. The van der Waals surface area contributed by atoms with Crippen molar-refractivity contribution in [3.63, 3.8) is 0 Å². The molecule has 0 bridgehead atoms. The van der Waals surface area contributed by atoms with Gasteiger partial charge in [-0.2, -0.15) is 0 Å². The number of benzene rings is 1. The summed E-state index contributed by atoms with van der Waals surface area (Å²) in [5, 5.41) is 10.7. The van der Waals surface area contributed by atoms with Gasteiger partial charge in [-0.1, -0.05) is 37.6 Å². The Morgan fingerprint density at radius 1 is 1.27 bits per heavy atom. The van der Waals surface area contributed by atoms with Gasteiger partial charge in [-0.25, -0.2) is 8.42 Å². The molecule has 0 saturated heterocycles. The Hall–Kier alpha value is -1.93. The van der Waals surface area contributed by atoms with Gasteiger partial charge in [-0.3, -0.25) is 4.79 Å². The zero-order valence-corrected chi connectivity index (χ0v) is 16.5. The molecule has 142 valence electrons. The van der Waals surface area contributed by atoms with Gasteiger partial charge in [0.25, 0.3) is 0 Å². The predicted octanol–water partition coefficient (Wildman–Crippen LogP) is 3.10. The van der Waals surface area contributed by atoms with Crippen LogP contribution < -0.4 is 5.32 Å². The van der Waals surface area contributed by atoms with Crippen molar-refractivity contribution in [1.29, 1.82) is 0 Å². The van der Waals surface area contributed by atoms with E-state index in [-0.39, 0.29) is 28.0 Å². The highest BCUT2D eigenvalue weighted by Crippen LogP contribution is 2.23. The number of amides is 1. The first-order valence-corrected chi connectivity index (χ1v) is 10.3. The maximum Gasteiger partial charge on any atom is 0.238 e. The van der Waals surface area contributed by atoms with E-state index in [4.69, 9.17) is 16.0 Å². The van der Waals surface area contributed by atoms with Crippen LogP contribution in [0.3, 0.4) is 0 Å². The average Bonchev–Trinajstić information content (AvgIpc) is 2.99. The predicted molar refractivity (Wildman–Crippen MR) is 97.5 cm³/mol. The van der Waals surface area contributed by atoms with E-state index in [0.717, 1.165) is 0 Å². The highest BCUT2D eigenvalue weighted by atomic mass is 35.5. The van der Waals surface area contributed by atoms with E-state index in [2.05, 4.69) is 15.5 Å². The molecule has 1 N–H and O–H groups in total. The molecule has 26 heavy (non-hydrogen) atoms.